The van der Waals surface area contributed by atoms with E-state index in [9.17, 15) is 22.8 Å². The minimum atomic E-state index is -3.97. The second-order valence-electron chi connectivity index (χ2n) is 8.74. The van der Waals surface area contributed by atoms with E-state index in [1.165, 1.54) is 30.3 Å². The molecule has 0 saturated heterocycles. The third-order valence-electron chi connectivity index (χ3n) is 5.11. The van der Waals surface area contributed by atoms with Gasteiger partial charge in [-0.1, -0.05) is 24.3 Å². The number of hydrogen-bond acceptors (Lipinski definition) is 5. The van der Waals surface area contributed by atoms with E-state index in [2.05, 4.69) is 10.6 Å². The van der Waals surface area contributed by atoms with Crippen LogP contribution in [0.5, 0.6) is 0 Å². The molecule has 0 unspecified atom stereocenters. The molecule has 168 valence electrons. The summed E-state index contributed by atoms with van der Waals surface area (Å²) in [6.07, 6.45) is 0. The first-order valence-electron chi connectivity index (χ1n) is 10.2. The van der Waals surface area contributed by atoms with Gasteiger partial charge in [-0.15, -0.1) is 0 Å². The largest absolute Gasteiger partial charge is 0.347 e. The molecule has 1 heterocycles. The van der Waals surface area contributed by atoms with Gasteiger partial charge in [-0.2, -0.15) is 0 Å². The van der Waals surface area contributed by atoms with Crippen molar-refractivity contribution in [3.8, 4) is 0 Å². The molecule has 0 saturated carbocycles. The number of carbonyl (C=O) groups is 3. The Morgan fingerprint density at radius 1 is 0.788 bits per heavy atom. The summed E-state index contributed by atoms with van der Waals surface area (Å²) in [5, 5.41) is 5.53. The molecular formula is C25H22N2O5S. The fourth-order valence-electron chi connectivity index (χ4n) is 3.62. The van der Waals surface area contributed by atoms with Gasteiger partial charge in [-0.3, -0.25) is 14.4 Å². The summed E-state index contributed by atoms with van der Waals surface area (Å²) in [5.41, 5.74) is 0.276. The quantitative estimate of drug-likeness (QED) is 0.481. The van der Waals surface area contributed by atoms with Crippen LogP contribution in [0.3, 0.4) is 0 Å². The van der Waals surface area contributed by atoms with Crippen molar-refractivity contribution in [2.24, 2.45) is 0 Å². The van der Waals surface area contributed by atoms with Crippen LogP contribution in [0.2, 0.25) is 0 Å². The van der Waals surface area contributed by atoms with Gasteiger partial charge >= 0.3 is 0 Å². The monoisotopic (exact) mass is 462 g/mol. The lowest BCUT2D eigenvalue weighted by atomic mass is 10.0. The lowest BCUT2D eigenvalue weighted by Gasteiger charge is -2.22. The average molecular weight is 463 g/mol. The predicted molar refractivity (Wildman–Crippen MR) is 123 cm³/mol. The minimum Gasteiger partial charge on any atom is -0.347 e. The molecule has 0 spiro atoms. The van der Waals surface area contributed by atoms with Gasteiger partial charge < -0.3 is 10.6 Å². The topological polar surface area (TPSA) is 109 Å². The van der Waals surface area contributed by atoms with E-state index in [-0.39, 0.29) is 43.6 Å². The maximum Gasteiger partial charge on any atom is 0.255 e. The first kappa shape index (κ1) is 22.4. The Hall–Kier alpha value is -3.78. The molecule has 2 N–H and O–H groups in total. The number of carbonyl (C=O) groups excluding carboxylic acids is 3. The number of sulfone groups is 1. The normalized spacial score (nSPS) is 14.1. The van der Waals surface area contributed by atoms with Crippen molar-refractivity contribution in [2.45, 2.75) is 36.1 Å². The zero-order valence-electron chi connectivity index (χ0n) is 18.3. The van der Waals surface area contributed by atoms with Crippen molar-refractivity contribution in [2.75, 3.05) is 5.32 Å². The Morgan fingerprint density at radius 3 is 2.15 bits per heavy atom. The molecule has 1 aliphatic heterocycles. The molecule has 3 aromatic rings. The smallest absolute Gasteiger partial charge is 0.255 e. The number of nitrogens with one attached hydrogen (secondary N) is 2. The number of hydrogen-bond donors (Lipinski definition) is 2. The van der Waals surface area contributed by atoms with Gasteiger partial charge in [0.1, 0.15) is 0 Å². The molecule has 0 aliphatic carbocycles. The Labute approximate surface area is 191 Å². The number of fused-ring (bicyclic) bond motifs is 2. The first-order chi connectivity index (χ1) is 15.5. The molecule has 0 radical (unpaired) electrons. The molecule has 4 rings (SSSR count). The Morgan fingerprint density at radius 2 is 1.42 bits per heavy atom. The van der Waals surface area contributed by atoms with Crippen molar-refractivity contribution < 1.29 is 22.8 Å². The van der Waals surface area contributed by atoms with Crippen molar-refractivity contribution in [3.63, 3.8) is 0 Å². The summed E-state index contributed by atoms with van der Waals surface area (Å²) in [4.78, 5) is 38.1. The standard InChI is InChI=1S/C25H22N2O5S/c1-25(2,3)27-24(30)16-8-4-6-10-19(16)26-23(29)15-12-13-18-21(14-15)33(31,32)20-11-7-5-9-17(20)22(18)28/h4-14H,1-3H3,(H,26,29)(H,27,30). The number of ketones is 1. The van der Waals surface area contributed by atoms with Crippen molar-refractivity contribution in [3.05, 3.63) is 89.0 Å². The van der Waals surface area contributed by atoms with Gasteiger partial charge in [0.2, 0.25) is 9.84 Å². The van der Waals surface area contributed by atoms with E-state index in [0.29, 0.717) is 0 Å². The molecule has 0 bridgehead atoms. The van der Waals surface area contributed by atoms with Crippen LogP contribution >= 0.6 is 0 Å². The Kier molecular flexibility index (Phi) is 5.41. The Balaban J connectivity index is 1.68. The van der Waals surface area contributed by atoms with Crippen LogP contribution in [0.1, 0.15) is 57.4 Å². The fraction of sp³-hybridized carbons (Fsp3) is 0.160. The van der Waals surface area contributed by atoms with Crippen molar-refractivity contribution in [1.82, 2.24) is 5.32 Å². The number of amides is 2. The first-order valence-corrected chi connectivity index (χ1v) is 11.7. The number of rotatable bonds is 3. The zero-order chi connectivity index (χ0) is 24.0. The lowest BCUT2D eigenvalue weighted by Crippen LogP contribution is -2.40. The summed E-state index contributed by atoms with van der Waals surface area (Å²) in [6, 6.07) is 16.5. The molecule has 33 heavy (non-hydrogen) atoms. The summed E-state index contributed by atoms with van der Waals surface area (Å²) in [7, 11) is -3.97. The van der Waals surface area contributed by atoms with Crippen LogP contribution in [0, 0.1) is 0 Å². The highest BCUT2D eigenvalue weighted by Gasteiger charge is 2.35. The van der Waals surface area contributed by atoms with Gasteiger partial charge in [-0.25, -0.2) is 8.42 Å². The van der Waals surface area contributed by atoms with Crippen LogP contribution in [0.4, 0.5) is 5.69 Å². The maximum atomic E-state index is 13.1. The molecule has 1 aliphatic rings. The highest BCUT2D eigenvalue weighted by molar-refractivity contribution is 7.91. The van der Waals surface area contributed by atoms with E-state index in [4.69, 9.17) is 0 Å². The second kappa shape index (κ2) is 7.97. The molecule has 8 heteroatoms. The van der Waals surface area contributed by atoms with Crippen LogP contribution < -0.4 is 10.6 Å². The SMILES string of the molecule is CC(C)(C)NC(=O)c1ccccc1NC(=O)c1ccc2c(c1)S(=O)(=O)c1ccccc1C2=O. The average Bonchev–Trinajstić information content (AvgIpc) is 2.76. The van der Waals surface area contributed by atoms with E-state index >= 15 is 0 Å². The molecule has 2 amide bonds. The van der Waals surface area contributed by atoms with Crippen molar-refractivity contribution in [1.29, 1.82) is 0 Å². The number of anilines is 1. The fourth-order valence-corrected chi connectivity index (χ4v) is 5.30. The van der Waals surface area contributed by atoms with E-state index < -0.39 is 27.1 Å². The minimum absolute atomic E-state index is 0.0233. The number of para-hydroxylation sites is 1. The van der Waals surface area contributed by atoms with Crippen LogP contribution in [0.25, 0.3) is 0 Å². The maximum absolute atomic E-state index is 13.1. The highest BCUT2D eigenvalue weighted by Crippen LogP contribution is 2.35. The summed E-state index contributed by atoms with van der Waals surface area (Å²) in [6.45, 7) is 5.54. The molecule has 0 aromatic heterocycles. The molecule has 0 atom stereocenters. The van der Waals surface area contributed by atoms with Crippen molar-refractivity contribution >= 4 is 33.1 Å². The molecular weight excluding hydrogens is 440 g/mol. The Bertz CT molecular complexity index is 1420. The second-order valence-corrected chi connectivity index (χ2v) is 10.6. The van der Waals surface area contributed by atoms with E-state index in [0.717, 1.165) is 0 Å². The lowest BCUT2D eigenvalue weighted by molar-refractivity contribution is 0.0920. The number of benzene rings is 3. The summed E-state index contributed by atoms with van der Waals surface area (Å²) < 4.78 is 26.2. The predicted octanol–water partition coefficient (Wildman–Crippen LogP) is 3.84. The van der Waals surface area contributed by atoms with Crippen LogP contribution in [0.15, 0.2) is 76.5 Å². The van der Waals surface area contributed by atoms with Gasteiger partial charge in [0.25, 0.3) is 11.8 Å². The van der Waals surface area contributed by atoms with Gasteiger partial charge in [0.15, 0.2) is 5.78 Å². The van der Waals surface area contributed by atoms with Gasteiger partial charge in [0.05, 0.1) is 21.0 Å². The molecule has 7 nitrogen and oxygen atoms in total. The highest BCUT2D eigenvalue weighted by atomic mass is 32.2. The third-order valence-corrected chi connectivity index (χ3v) is 6.96. The van der Waals surface area contributed by atoms with E-state index in [1.807, 2.05) is 20.8 Å². The zero-order valence-corrected chi connectivity index (χ0v) is 19.1. The van der Waals surface area contributed by atoms with Gasteiger partial charge in [0, 0.05) is 22.2 Å². The molecule has 0 fully saturated rings. The summed E-state index contributed by atoms with van der Waals surface area (Å²) >= 11 is 0. The molecule has 3 aromatic carbocycles. The summed E-state index contributed by atoms with van der Waals surface area (Å²) in [5.74, 6) is -1.37. The van der Waals surface area contributed by atoms with Crippen LogP contribution in [-0.2, 0) is 9.84 Å². The van der Waals surface area contributed by atoms with Gasteiger partial charge in [-0.05, 0) is 63.2 Å². The van der Waals surface area contributed by atoms with E-state index in [1.54, 1.807) is 36.4 Å². The third kappa shape index (κ3) is 4.17. The van der Waals surface area contributed by atoms with Crippen LogP contribution in [-0.4, -0.2) is 31.6 Å².